The number of hydrogen-bond acceptors (Lipinski definition) is 3. The predicted molar refractivity (Wildman–Crippen MR) is 73.3 cm³/mol. The van der Waals surface area contributed by atoms with Crippen molar-refractivity contribution in [1.82, 2.24) is 20.0 Å². The van der Waals surface area contributed by atoms with Crippen LogP contribution in [-0.4, -0.2) is 46.6 Å². The first-order valence-corrected chi connectivity index (χ1v) is 7.14. The third-order valence-corrected chi connectivity index (χ3v) is 4.14. The molecule has 0 bridgehead atoms. The van der Waals surface area contributed by atoms with Gasteiger partial charge in [-0.05, 0) is 19.3 Å². The molecule has 1 N–H and O–H groups in total. The molecular formula is C14H20N4O2. The molecule has 1 aromatic heterocycles. The Morgan fingerprint density at radius 2 is 2.10 bits per heavy atom. The number of amides is 2. The van der Waals surface area contributed by atoms with E-state index in [0.717, 1.165) is 25.0 Å². The highest BCUT2D eigenvalue weighted by molar-refractivity contribution is 5.96. The minimum atomic E-state index is -0.0787. The second kappa shape index (κ2) is 4.92. The van der Waals surface area contributed by atoms with Gasteiger partial charge >= 0.3 is 0 Å². The monoisotopic (exact) mass is 276 g/mol. The molecule has 6 heteroatoms. The van der Waals surface area contributed by atoms with Crippen LogP contribution in [0.25, 0.3) is 0 Å². The highest BCUT2D eigenvalue weighted by Gasteiger charge is 2.36. The molecule has 108 valence electrons. The molecule has 1 aromatic rings. The number of nitrogens with one attached hydrogen (secondary N) is 1. The minimum absolute atomic E-state index is 0.0198. The maximum Gasteiger partial charge on any atom is 0.257 e. The van der Waals surface area contributed by atoms with Gasteiger partial charge in [-0.2, -0.15) is 5.10 Å². The second-order valence-corrected chi connectivity index (χ2v) is 5.73. The average Bonchev–Trinajstić information content (AvgIpc) is 3.03. The maximum absolute atomic E-state index is 12.6. The van der Waals surface area contributed by atoms with Crippen LogP contribution in [0.15, 0.2) is 6.20 Å². The number of carbonyl (C=O) groups is 2. The summed E-state index contributed by atoms with van der Waals surface area (Å²) in [6, 6.07) is 0. The van der Waals surface area contributed by atoms with Crippen LogP contribution in [0.3, 0.4) is 0 Å². The fraction of sp³-hybridized carbons (Fsp3) is 0.643. The van der Waals surface area contributed by atoms with Gasteiger partial charge in [-0.3, -0.25) is 14.3 Å². The van der Waals surface area contributed by atoms with E-state index in [1.54, 1.807) is 16.6 Å². The van der Waals surface area contributed by atoms with Crippen molar-refractivity contribution in [3.05, 3.63) is 17.5 Å². The molecule has 2 aliphatic rings. The summed E-state index contributed by atoms with van der Waals surface area (Å²) in [4.78, 5) is 26.0. The van der Waals surface area contributed by atoms with E-state index in [4.69, 9.17) is 0 Å². The van der Waals surface area contributed by atoms with Crippen molar-refractivity contribution in [3.63, 3.8) is 0 Å². The van der Waals surface area contributed by atoms with Gasteiger partial charge in [0.25, 0.3) is 5.91 Å². The number of nitrogens with zero attached hydrogens (tertiary/aromatic N) is 3. The molecule has 2 amide bonds. The third-order valence-electron chi connectivity index (χ3n) is 4.14. The van der Waals surface area contributed by atoms with E-state index < -0.39 is 0 Å². The van der Waals surface area contributed by atoms with E-state index in [1.165, 1.54) is 0 Å². The molecule has 2 heterocycles. The Bertz CT molecular complexity index is 547. The summed E-state index contributed by atoms with van der Waals surface area (Å²) in [6.07, 6.45) is 4.80. The Hall–Kier alpha value is -1.85. The number of likely N-dealkylation sites (tertiary alicyclic amines) is 1. The second-order valence-electron chi connectivity index (χ2n) is 5.73. The van der Waals surface area contributed by atoms with Crippen molar-refractivity contribution in [2.45, 2.75) is 25.2 Å². The minimum Gasteiger partial charge on any atom is -0.359 e. The van der Waals surface area contributed by atoms with Gasteiger partial charge in [0.05, 0.1) is 17.2 Å². The fourth-order valence-corrected chi connectivity index (χ4v) is 2.86. The standard InChI is InChI=1S/C14H20N4O2/c1-15-13(19)10-5-6-18(7-10)14(20)11-8-17(2)16-12(11)9-3-4-9/h8-10H,3-7H2,1-2H3,(H,15,19)/t10-/m0/s1. The van der Waals surface area contributed by atoms with Gasteiger partial charge < -0.3 is 10.2 Å². The Morgan fingerprint density at radius 3 is 2.75 bits per heavy atom. The van der Waals surface area contributed by atoms with E-state index in [9.17, 15) is 9.59 Å². The molecule has 1 atom stereocenters. The average molecular weight is 276 g/mol. The van der Waals surface area contributed by atoms with Gasteiger partial charge in [0.2, 0.25) is 5.91 Å². The molecule has 1 aliphatic heterocycles. The van der Waals surface area contributed by atoms with Gasteiger partial charge in [0.1, 0.15) is 0 Å². The Kier molecular flexibility index (Phi) is 3.23. The summed E-state index contributed by atoms with van der Waals surface area (Å²) in [5, 5.41) is 7.08. The molecule has 0 radical (unpaired) electrons. The molecule has 1 saturated carbocycles. The van der Waals surface area contributed by atoms with Crippen LogP contribution in [0, 0.1) is 5.92 Å². The lowest BCUT2D eigenvalue weighted by Gasteiger charge is -2.16. The molecule has 1 aliphatic carbocycles. The van der Waals surface area contributed by atoms with Gasteiger partial charge in [-0.25, -0.2) is 0 Å². The van der Waals surface area contributed by atoms with Crippen molar-refractivity contribution in [2.24, 2.45) is 13.0 Å². The quantitative estimate of drug-likeness (QED) is 0.874. The first-order chi connectivity index (χ1) is 9.60. The molecule has 2 fully saturated rings. The summed E-state index contributed by atoms with van der Waals surface area (Å²) in [6.45, 7) is 1.16. The van der Waals surface area contributed by atoms with Gasteiger partial charge in [0.15, 0.2) is 0 Å². The molecule has 6 nitrogen and oxygen atoms in total. The number of aryl methyl sites for hydroxylation is 1. The number of carbonyl (C=O) groups excluding carboxylic acids is 2. The van der Waals surface area contributed by atoms with Crippen LogP contribution in [0.2, 0.25) is 0 Å². The maximum atomic E-state index is 12.6. The summed E-state index contributed by atoms with van der Waals surface area (Å²) in [7, 11) is 3.49. The predicted octanol–water partition coefficient (Wildman–Crippen LogP) is 0.506. The summed E-state index contributed by atoms with van der Waals surface area (Å²) < 4.78 is 1.72. The van der Waals surface area contributed by atoms with Gasteiger partial charge in [-0.15, -0.1) is 0 Å². The van der Waals surface area contributed by atoms with Crippen LogP contribution in [0.4, 0.5) is 0 Å². The molecule has 0 unspecified atom stereocenters. The third kappa shape index (κ3) is 2.30. The number of hydrogen-bond donors (Lipinski definition) is 1. The lowest BCUT2D eigenvalue weighted by atomic mass is 10.1. The zero-order valence-corrected chi connectivity index (χ0v) is 11.9. The Labute approximate surface area is 118 Å². The van der Waals surface area contributed by atoms with Gasteiger partial charge in [-0.1, -0.05) is 0 Å². The number of rotatable bonds is 3. The highest BCUT2D eigenvalue weighted by atomic mass is 16.2. The first kappa shape index (κ1) is 13.1. The molecule has 0 aromatic carbocycles. The normalized spacial score (nSPS) is 22.1. The molecule has 0 spiro atoms. The van der Waals surface area contributed by atoms with E-state index in [1.807, 2.05) is 13.2 Å². The van der Waals surface area contributed by atoms with E-state index in [0.29, 0.717) is 24.6 Å². The van der Waals surface area contributed by atoms with E-state index in [2.05, 4.69) is 10.4 Å². The van der Waals surface area contributed by atoms with Crippen molar-refractivity contribution in [1.29, 1.82) is 0 Å². The topological polar surface area (TPSA) is 67.2 Å². The van der Waals surface area contributed by atoms with E-state index in [-0.39, 0.29) is 17.7 Å². The summed E-state index contributed by atoms with van der Waals surface area (Å²) >= 11 is 0. The first-order valence-electron chi connectivity index (χ1n) is 7.14. The van der Waals surface area contributed by atoms with Crippen molar-refractivity contribution in [2.75, 3.05) is 20.1 Å². The zero-order chi connectivity index (χ0) is 14.3. The Morgan fingerprint density at radius 1 is 1.35 bits per heavy atom. The fourth-order valence-electron chi connectivity index (χ4n) is 2.86. The summed E-state index contributed by atoms with van der Waals surface area (Å²) in [5.74, 6) is 0.415. The van der Waals surface area contributed by atoms with Crippen LogP contribution in [0.5, 0.6) is 0 Å². The smallest absolute Gasteiger partial charge is 0.257 e. The lowest BCUT2D eigenvalue weighted by Crippen LogP contribution is -2.33. The van der Waals surface area contributed by atoms with Crippen LogP contribution >= 0.6 is 0 Å². The van der Waals surface area contributed by atoms with Gasteiger partial charge in [0, 0.05) is 39.3 Å². The van der Waals surface area contributed by atoms with Crippen LogP contribution in [0.1, 0.15) is 41.2 Å². The van der Waals surface area contributed by atoms with Crippen LogP contribution < -0.4 is 5.32 Å². The van der Waals surface area contributed by atoms with Crippen LogP contribution in [-0.2, 0) is 11.8 Å². The molecule has 20 heavy (non-hydrogen) atoms. The van der Waals surface area contributed by atoms with Crippen molar-refractivity contribution in [3.8, 4) is 0 Å². The SMILES string of the molecule is CNC(=O)[C@H]1CCN(C(=O)c2cn(C)nc2C2CC2)C1. The molecule has 3 rings (SSSR count). The lowest BCUT2D eigenvalue weighted by molar-refractivity contribution is -0.124. The number of aromatic nitrogens is 2. The molecular weight excluding hydrogens is 256 g/mol. The highest BCUT2D eigenvalue weighted by Crippen LogP contribution is 2.41. The van der Waals surface area contributed by atoms with Crippen molar-refractivity contribution < 1.29 is 9.59 Å². The largest absolute Gasteiger partial charge is 0.359 e. The van der Waals surface area contributed by atoms with Crippen molar-refractivity contribution >= 4 is 11.8 Å². The summed E-state index contributed by atoms with van der Waals surface area (Å²) in [5.41, 5.74) is 1.65. The Balaban J connectivity index is 1.75. The zero-order valence-electron chi connectivity index (χ0n) is 11.9. The molecule has 1 saturated heterocycles. The van der Waals surface area contributed by atoms with E-state index >= 15 is 0 Å².